The Morgan fingerprint density at radius 1 is 1.12 bits per heavy atom. The number of unbranched alkanes of at least 4 members (excludes halogenated alkanes) is 1. The summed E-state index contributed by atoms with van der Waals surface area (Å²) < 4.78 is 1.99. The van der Waals surface area contributed by atoms with E-state index in [1.807, 2.05) is 42.7 Å². The van der Waals surface area contributed by atoms with Gasteiger partial charge in [-0.1, -0.05) is 39.3 Å². The van der Waals surface area contributed by atoms with E-state index in [1.165, 1.54) is 0 Å². The van der Waals surface area contributed by atoms with Gasteiger partial charge in [0.05, 0.1) is 11.0 Å². The number of imidazole rings is 1. The van der Waals surface area contributed by atoms with Gasteiger partial charge in [-0.25, -0.2) is 4.98 Å². The zero-order valence-corrected chi connectivity index (χ0v) is 16.0. The molecule has 0 saturated carbocycles. The molecular formula is C20H30N4O2. The maximum Gasteiger partial charge on any atom is 0.240 e. The Labute approximate surface area is 155 Å². The Morgan fingerprint density at radius 3 is 2.58 bits per heavy atom. The van der Waals surface area contributed by atoms with Crippen molar-refractivity contribution in [1.29, 1.82) is 0 Å². The highest BCUT2D eigenvalue weighted by molar-refractivity contribution is 5.81. The zero-order valence-electron chi connectivity index (χ0n) is 16.0. The molecule has 6 heteroatoms. The van der Waals surface area contributed by atoms with Crippen LogP contribution in [-0.4, -0.2) is 34.5 Å². The third-order valence-corrected chi connectivity index (χ3v) is 4.29. The molecule has 0 saturated heterocycles. The lowest BCUT2D eigenvalue weighted by molar-refractivity contribution is -0.124. The van der Waals surface area contributed by atoms with Crippen LogP contribution < -0.4 is 10.6 Å². The molecule has 0 aliphatic heterocycles. The molecule has 142 valence electrons. The summed E-state index contributed by atoms with van der Waals surface area (Å²) in [6.07, 6.45) is 3.55. The van der Waals surface area contributed by atoms with E-state index in [0.29, 0.717) is 13.1 Å². The fraction of sp³-hybridized carbons (Fsp3) is 0.550. The van der Waals surface area contributed by atoms with Gasteiger partial charge in [0.2, 0.25) is 11.8 Å². The van der Waals surface area contributed by atoms with E-state index in [1.54, 1.807) is 0 Å². The van der Waals surface area contributed by atoms with E-state index >= 15 is 0 Å². The number of rotatable bonds is 10. The third-order valence-electron chi connectivity index (χ3n) is 4.29. The monoisotopic (exact) mass is 358 g/mol. The molecule has 2 N–H and O–H groups in total. The van der Waals surface area contributed by atoms with E-state index in [9.17, 15) is 9.59 Å². The summed E-state index contributed by atoms with van der Waals surface area (Å²) in [6.45, 7) is 7.46. The highest BCUT2D eigenvalue weighted by Crippen LogP contribution is 2.17. The van der Waals surface area contributed by atoms with Crippen LogP contribution in [0.1, 0.15) is 45.9 Å². The number of hydrogen-bond acceptors (Lipinski definition) is 3. The third kappa shape index (κ3) is 5.58. The summed E-state index contributed by atoms with van der Waals surface area (Å²) in [5, 5.41) is 5.89. The summed E-state index contributed by atoms with van der Waals surface area (Å²) >= 11 is 0. The Kier molecular flexibility index (Phi) is 7.63. The molecule has 2 aromatic rings. The van der Waals surface area contributed by atoms with E-state index in [0.717, 1.165) is 42.5 Å². The molecule has 1 aromatic heterocycles. The summed E-state index contributed by atoms with van der Waals surface area (Å²) in [6, 6.07) is 7.87. The maximum atomic E-state index is 12.3. The first-order valence-corrected chi connectivity index (χ1v) is 9.51. The standard InChI is InChI=1S/C20H30N4O2/c1-4-5-12-21-19(25)14-24-17-10-7-6-9-16(17)23-18(24)11-8-13-22-20(26)15(2)3/h6-7,9-10,15H,4-5,8,11-14H2,1-3H3,(H,21,25)(H,22,26). The van der Waals surface area contributed by atoms with Crippen LogP contribution in [0.2, 0.25) is 0 Å². The van der Waals surface area contributed by atoms with Gasteiger partial charge < -0.3 is 15.2 Å². The maximum absolute atomic E-state index is 12.3. The van der Waals surface area contributed by atoms with Crippen LogP contribution in [0.3, 0.4) is 0 Å². The lowest BCUT2D eigenvalue weighted by Gasteiger charge is -2.11. The fourth-order valence-electron chi connectivity index (χ4n) is 2.76. The number of aryl methyl sites for hydroxylation is 1. The molecule has 0 spiro atoms. The van der Waals surface area contributed by atoms with Gasteiger partial charge in [0.25, 0.3) is 0 Å². The van der Waals surface area contributed by atoms with Gasteiger partial charge in [-0.3, -0.25) is 9.59 Å². The minimum Gasteiger partial charge on any atom is -0.356 e. The van der Waals surface area contributed by atoms with Crippen LogP contribution >= 0.6 is 0 Å². The highest BCUT2D eigenvalue weighted by atomic mass is 16.2. The van der Waals surface area contributed by atoms with Gasteiger partial charge in [0, 0.05) is 25.4 Å². The first-order chi connectivity index (χ1) is 12.5. The predicted molar refractivity (Wildman–Crippen MR) is 104 cm³/mol. The summed E-state index contributed by atoms with van der Waals surface area (Å²) in [7, 11) is 0. The number of para-hydroxylation sites is 2. The van der Waals surface area contributed by atoms with E-state index in [2.05, 4.69) is 22.5 Å². The number of fused-ring (bicyclic) bond motifs is 1. The molecule has 0 radical (unpaired) electrons. The summed E-state index contributed by atoms with van der Waals surface area (Å²) in [5.74, 6) is 0.951. The first kappa shape index (κ1) is 19.9. The summed E-state index contributed by atoms with van der Waals surface area (Å²) in [5.41, 5.74) is 1.87. The number of hydrogen-bond donors (Lipinski definition) is 2. The summed E-state index contributed by atoms with van der Waals surface area (Å²) in [4.78, 5) is 28.6. The number of nitrogens with one attached hydrogen (secondary N) is 2. The van der Waals surface area contributed by atoms with Crippen molar-refractivity contribution in [3.05, 3.63) is 30.1 Å². The van der Waals surface area contributed by atoms with Crippen molar-refractivity contribution in [2.45, 2.75) is 53.0 Å². The van der Waals surface area contributed by atoms with Crippen molar-refractivity contribution in [1.82, 2.24) is 20.2 Å². The molecule has 26 heavy (non-hydrogen) atoms. The number of nitrogens with zero attached hydrogens (tertiary/aromatic N) is 2. The van der Waals surface area contributed by atoms with Crippen LogP contribution in [0.5, 0.6) is 0 Å². The molecule has 0 unspecified atom stereocenters. The lowest BCUT2D eigenvalue weighted by Crippen LogP contribution is -2.30. The van der Waals surface area contributed by atoms with Gasteiger partial charge in [0.1, 0.15) is 12.4 Å². The number of carbonyl (C=O) groups is 2. The Balaban J connectivity index is 2.03. The number of carbonyl (C=O) groups excluding carboxylic acids is 2. The van der Waals surface area contributed by atoms with Crippen LogP contribution in [0.4, 0.5) is 0 Å². The SMILES string of the molecule is CCCCNC(=O)Cn1c(CCCNC(=O)C(C)C)nc2ccccc21. The molecule has 1 aromatic carbocycles. The van der Waals surface area contributed by atoms with Crippen LogP contribution in [0.15, 0.2) is 24.3 Å². The molecule has 2 amide bonds. The van der Waals surface area contributed by atoms with Gasteiger partial charge in [-0.15, -0.1) is 0 Å². The average molecular weight is 358 g/mol. The van der Waals surface area contributed by atoms with Gasteiger partial charge in [0.15, 0.2) is 0 Å². The second kappa shape index (κ2) is 9.94. The topological polar surface area (TPSA) is 76.0 Å². The van der Waals surface area contributed by atoms with Crippen molar-refractivity contribution >= 4 is 22.8 Å². The average Bonchev–Trinajstić information content (AvgIpc) is 2.96. The molecule has 0 aliphatic carbocycles. The molecule has 0 fully saturated rings. The Hall–Kier alpha value is -2.37. The van der Waals surface area contributed by atoms with E-state index in [4.69, 9.17) is 0 Å². The Morgan fingerprint density at radius 2 is 1.85 bits per heavy atom. The highest BCUT2D eigenvalue weighted by Gasteiger charge is 2.13. The number of benzene rings is 1. The van der Waals surface area contributed by atoms with E-state index in [-0.39, 0.29) is 24.3 Å². The van der Waals surface area contributed by atoms with Crippen LogP contribution in [-0.2, 0) is 22.6 Å². The molecule has 0 aliphatic rings. The van der Waals surface area contributed by atoms with Crippen molar-refractivity contribution < 1.29 is 9.59 Å². The second-order valence-electron chi connectivity index (χ2n) is 6.86. The van der Waals surface area contributed by atoms with Crippen molar-refractivity contribution in [3.8, 4) is 0 Å². The normalized spacial score (nSPS) is 11.1. The minimum atomic E-state index is -0.00797. The molecule has 6 nitrogen and oxygen atoms in total. The molecule has 2 rings (SSSR count). The smallest absolute Gasteiger partial charge is 0.240 e. The molecule has 0 bridgehead atoms. The van der Waals surface area contributed by atoms with Crippen LogP contribution in [0, 0.1) is 5.92 Å². The van der Waals surface area contributed by atoms with Gasteiger partial charge >= 0.3 is 0 Å². The minimum absolute atomic E-state index is 0.00797. The van der Waals surface area contributed by atoms with Gasteiger partial charge in [-0.05, 0) is 25.0 Å². The molecular weight excluding hydrogens is 328 g/mol. The Bertz CT molecular complexity index is 736. The molecule has 0 atom stereocenters. The predicted octanol–water partition coefficient (Wildman–Crippen LogP) is 2.66. The first-order valence-electron chi connectivity index (χ1n) is 9.51. The van der Waals surface area contributed by atoms with Crippen molar-refractivity contribution in [2.75, 3.05) is 13.1 Å². The number of amides is 2. The van der Waals surface area contributed by atoms with E-state index < -0.39 is 0 Å². The quantitative estimate of drug-likeness (QED) is 0.641. The number of aromatic nitrogens is 2. The zero-order chi connectivity index (χ0) is 18.9. The van der Waals surface area contributed by atoms with Crippen molar-refractivity contribution in [3.63, 3.8) is 0 Å². The van der Waals surface area contributed by atoms with Crippen molar-refractivity contribution in [2.24, 2.45) is 5.92 Å². The fourth-order valence-corrected chi connectivity index (χ4v) is 2.76. The van der Waals surface area contributed by atoms with Gasteiger partial charge in [-0.2, -0.15) is 0 Å². The lowest BCUT2D eigenvalue weighted by atomic mass is 10.2. The van der Waals surface area contributed by atoms with Crippen LogP contribution in [0.25, 0.3) is 11.0 Å². The second-order valence-corrected chi connectivity index (χ2v) is 6.86. The molecule has 1 heterocycles. The largest absolute Gasteiger partial charge is 0.356 e.